The average Bonchev–Trinajstić information content (AvgIpc) is 2.95. The number of H-pyrrole nitrogens is 1. The number of nitrogens with one attached hydrogen (secondary N) is 1. The van der Waals surface area contributed by atoms with E-state index in [1.807, 2.05) is 13.8 Å². The Labute approximate surface area is 126 Å². The summed E-state index contributed by atoms with van der Waals surface area (Å²) in [5.41, 5.74) is 1.27. The second-order valence-electron chi connectivity index (χ2n) is 5.18. The fraction of sp³-hybridized carbons (Fsp3) is 0.571. The highest BCUT2D eigenvalue weighted by molar-refractivity contribution is 7.71. The molecule has 0 spiro atoms. The lowest BCUT2D eigenvalue weighted by atomic mass is 10.2. The van der Waals surface area contributed by atoms with E-state index in [4.69, 9.17) is 17.0 Å². The van der Waals surface area contributed by atoms with Gasteiger partial charge in [-0.1, -0.05) is 0 Å². The third-order valence-corrected chi connectivity index (χ3v) is 5.30. The van der Waals surface area contributed by atoms with Crippen molar-refractivity contribution in [2.75, 3.05) is 13.2 Å². The van der Waals surface area contributed by atoms with Crippen molar-refractivity contribution in [3.63, 3.8) is 0 Å². The zero-order chi connectivity index (χ0) is 14.3. The van der Waals surface area contributed by atoms with E-state index < -0.39 is 0 Å². The molecule has 1 aliphatic rings. The lowest BCUT2D eigenvalue weighted by Crippen LogP contribution is -2.27. The monoisotopic (exact) mass is 310 g/mol. The molecule has 0 aromatic carbocycles. The molecule has 0 saturated carbocycles. The first kappa shape index (κ1) is 14.0. The van der Waals surface area contributed by atoms with Gasteiger partial charge in [-0.2, -0.15) is 0 Å². The van der Waals surface area contributed by atoms with Gasteiger partial charge in [0, 0.05) is 11.5 Å². The van der Waals surface area contributed by atoms with Crippen molar-refractivity contribution in [1.29, 1.82) is 0 Å². The van der Waals surface area contributed by atoms with Crippen LogP contribution in [0.15, 0.2) is 4.79 Å². The fourth-order valence-electron chi connectivity index (χ4n) is 2.85. The van der Waals surface area contributed by atoms with Gasteiger partial charge in [-0.25, -0.2) is 0 Å². The molecular formula is C14H18N2O2S2. The number of rotatable bonds is 4. The summed E-state index contributed by atoms with van der Waals surface area (Å²) < 4.78 is 7.59. The molecule has 1 atom stereocenters. The van der Waals surface area contributed by atoms with Crippen LogP contribution in [-0.4, -0.2) is 22.8 Å². The van der Waals surface area contributed by atoms with Crippen molar-refractivity contribution in [3.8, 4) is 0 Å². The zero-order valence-corrected chi connectivity index (χ0v) is 13.3. The third-order valence-electron chi connectivity index (χ3n) is 3.80. The highest BCUT2D eigenvalue weighted by Gasteiger charge is 2.22. The average molecular weight is 310 g/mol. The van der Waals surface area contributed by atoms with Gasteiger partial charge in [0.25, 0.3) is 5.56 Å². The van der Waals surface area contributed by atoms with E-state index in [2.05, 4.69) is 4.98 Å². The van der Waals surface area contributed by atoms with Crippen molar-refractivity contribution < 1.29 is 4.74 Å². The Morgan fingerprint density at radius 3 is 3.05 bits per heavy atom. The SMILES string of the molecule is CCOCC(C)n1c(=S)[nH]c2sc3c(c2c1=O)CCC3. The summed E-state index contributed by atoms with van der Waals surface area (Å²) in [6, 6.07) is -0.0486. The third kappa shape index (κ3) is 2.16. The Kier molecular flexibility index (Phi) is 3.79. The summed E-state index contributed by atoms with van der Waals surface area (Å²) in [6.07, 6.45) is 3.25. The lowest BCUT2D eigenvalue weighted by Gasteiger charge is -2.15. The largest absolute Gasteiger partial charge is 0.380 e. The van der Waals surface area contributed by atoms with E-state index in [1.54, 1.807) is 15.9 Å². The zero-order valence-electron chi connectivity index (χ0n) is 11.7. The van der Waals surface area contributed by atoms with Gasteiger partial charge in [-0.05, 0) is 50.9 Å². The van der Waals surface area contributed by atoms with Crippen LogP contribution in [0.5, 0.6) is 0 Å². The number of fused-ring (bicyclic) bond motifs is 3. The number of aromatic amines is 1. The van der Waals surface area contributed by atoms with E-state index in [0.29, 0.717) is 18.0 Å². The predicted molar refractivity (Wildman–Crippen MR) is 84.5 cm³/mol. The van der Waals surface area contributed by atoms with Crippen LogP contribution in [0.2, 0.25) is 0 Å². The van der Waals surface area contributed by atoms with Crippen LogP contribution in [-0.2, 0) is 17.6 Å². The number of hydrogen-bond donors (Lipinski definition) is 1. The summed E-state index contributed by atoms with van der Waals surface area (Å²) in [4.78, 5) is 18.3. The highest BCUT2D eigenvalue weighted by Crippen LogP contribution is 2.34. The Morgan fingerprint density at radius 1 is 1.50 bits per heavy atom. The van der Waals surface area contributed by atoms with Crippen LogP contribution in [0.4, 0.5) is 0 Å². The van der Waals surface area contributed by atoms with Gasteiger partial charge in [0.15, 0.2) is 4.77 Å². The Hall–Kier alpha value is -0.980. The minimum Gasteiger partial charge on any atom is -0.380 e. The molecule has 1 N–H and O–H groups in total. The first-order valence-corrected chi connectivity index (χ1v) is 8.22. The van der Waals surface area contributed by atoms with E-state index in [9.17, 15) is 4.79 Å². The van der Waals surface area contributed by atoms with Gasteiger partial charge in [-0.15, -0.1) is 11.3 Å². The number of ether oxygens (including phenoxy) is 1. The molecule has 0 radical (unpaired) electrons. The Bertz CT molecular complexity index is 757. The second kappa shape index (κ2) is 5.42. The molecular weight excluding hydrogens is 292 g/mol. The van der Waals surface area contributed by atoms with Crippen LogP contribution in [0.25, 0.3) is 10.2 Å². The number of thiophene rings is 1. The molecule has 2 aromatic rings. The minimum atomic E-state index is -0.0486. The molecule has 0 aliphatic heterocycles. The molecule has 4 nitrogen and oxygen atoms in total. The molecule has 2 aromatic heterocycles. The van der Waals surface area contributed by atoms with Crippen LogP contribution in [0, 0.1) is 4.77 Å². The van der Waals surface area contributed by atoms with Gasteiger partial charge < -0.3 is 9.72 Å². The maximum Gasteiger partial charge on any atom is 0.263 e. The molecule has 1 aliphatic carbocycles. The maximum atomic E-state index is 12.8. The Morgan fingerprint density at radius 2 is 2.30 bits per heavy atom. The van der Waals surface area contributed by atoms with Gasteiger partial charge in [-0.3, -0.25) is 9.36 Å². The van der Waals surface area contributed by atoms with E-state index in [0.717, 1.165) is 29.5 Å². The highest BCUT2D eigenvalue weighted by atomic mass is 32.1. The van der Waals surface area contributed by atoms with E-state index in [-0.39, 0.29) is 11.6 Å². The molecule has 108 valence electrons. The van der Waals surface area contributed by atoms with Gasteiger partial charge >= 0.3 is 0 Å². The van der Waals surface area contributed by atoms with Crippen molar-refractivity contribution in [1.82, 2.24) is 9.55 Å². The summed E-state index contributed by atoms with van der Waals surface area (Å²) in [7, 11) is 0. The molecule has 20 heavy (non-hydrogen) atoms. The van der Waals surface area contributed by atoms with Crippen LogP contribution in [0.1, 0.15) is 36.8 Å². The van der Waals surface area contributed by atoms with Crippen molar-refractivity contribution in [2.45, 2.75) is 39.2 Å². The maximum absolute atomic E-state index is 12.8. The molecule has 2 heterocycles. The predicted octanol–water partition coefficient (Wildman–Crippen LogP) is 3.21. The minimum absolute atomic E-state index is 0.0374. The molecule has 0 saturated heterocycles. The molecule has 0 bridgehead atoms. The normalized spacial score (nSPS) is 15.7. The smallest absolute Gasteiger partial charge is 0.263 e. The number of aromatic nitrogens is 2. The van der Waals surface area contributed by atoms with Gasteiger partial charge in [0.2, 0.25) is 0 Å². The topological polar surface area (TPSA) is 47.0 Å². The fourth-order valence-corrected chi connectivity index (χ4v) is 4.56. The second-order valence-corrected chi connectivity index (χ2v) is 6.67. The van der Waals surface area contributed by atoms with Crippen molar-refractivity contribution in [3.05, 3.63) is 25.6 Å². The number of hydrogen-bond acceptors (Lipinski definition) is 4. The summed E-state index contributed by atoms with van der Waals surface area (Å²) in [5.74, 6) is 0. The summed E-state index contributed by atoms with van der Waals surface area (Å²) in [6.45, 7) is 5.07. The van der Waals surface area contributed by atoms with Crippen molar-refractivity contribution >= 4 is 33.8 Å². The Balaban J connectivity index is 2.18. The quantitative estimate of drug-likeness (QED) is 0.882. The van der Waals surface area contributed by atoms with Crippen LogP contribution < -0.4 is 5.56 Å². The first-order valence-electron chi connectivity index (χ1n) is 7.00. The molecule has 0 fully saturated rings. The van der Waals surface area contributed by atoms with Crippen LogP contribution in [0.3, 0.4) is 0 Å². The van der Waals surface area contributed by atoms with Crippen LogP contribution >= 0.6 is 23.6 Å². The summed E-state index contributed by atoms with van der Waals surface area (Å²) >= 11 is 7.05. The number of aryl methyl sites for hydroxylation is 2. The lowest BCUT2D eigenvalue weighted by molar-refractivity contribution is 0.117. The van der Waals surface area contributed by atoms with Crippen molar-refractivity contribution in [2.24, 2.45) is 0 Å². The van der Waals surface area contributed by atoms with Gasteiger partial charge in [0.05, 0.1) is 18.0 Å². The summed E-state index contributed by atoms with van der Waals surface area (Å²) in [5, 5.41) is 0.847. The molecule has 0 amide bonds. The first-order chi connectivity index (χ1) is 9.63. The molecule has 3 rings (SSSR count). The molecule has 1 unspecified atom stereocenters. The standard InChI is InChI=1S/C14H18N2O2S2/c1-3-18-7-8(2)16-13(17)11-9-5-4-6-10(9)20-12(11)15-14(16)19/h8H,3-7H2,1-2H3,(H,15,19). The number of nitrogens with zero attached hydrogens (tertiary/aromatic N) is 1. The van der Waals surface area contributed by atoms with E-state index >= 15 is 0 Å². The van der Waals surface area contributed by atoms with E-state index in [1.165, 1.54) is 10.4 Å². The molecule has 6 heteroatoms. The van der Waals surface area contributed by atoms with Gasteiger partial charge in [0.1, 0.15) is 4.83 Å².